The SMILES string of the molecule is Cc1ccc(S(=O)(=O)N2C[C@@H]3CON(C)[C@@H]3[C@@H](C)C2)cc1. The van der Waals surface area contributed by atoms with E-state index in [0.717, 1.165) is 5.56 Å². The highest BCUT2D eigenvalue weighted by atomic mass is 32.2. The van der Waals surface area contributed by atoms with Crippen molar-refractivity contribution in [2.75, 3.05) is 26.7 Å². The minimum absolute atomic E-state index is 0.249. The van der Waals surface area contributed by atoms with E-state index in [-0.39, 0.29) is 11.8 Å². The third-order valence-corrected chi connectivity index (χ3v) is 6.41. The van der Waals surface area contributed by atoms with Crippen LogP contribution in [0.1, 0.15) is 12.5 Å². The van der Waals surface area contributed by atoms with Crippen LogP contribution < -0.4 is 0 Å². The van der Waals surface area contributed by atoms with E-state index < -0.39 is 10.0 Å². The van der Waals surface area contributed by atoms with Gasteiger partial charge in [-0.2, -0.15) is 9.37 Å². The molecule has 2 heterocycles. The molecule has 0 spiro atoms. The second-order valence-corrected chi connectivity index (χ2v) is 8.14. The summed E-state index contributed by atoms with van der Waals surface area (Å²) in [6, 6.07) is 7.39. The third kappa shape index (κ3) is 2.61. The fourth-order valence-electron chi connectivity index (χ4n) is 3.50. The van der Waals surface area contributed by atoms with Crippen molar-refractivity contribution in [2.24, 2.45) is 11.8 Å². The molecule has 0 aromatic heterocycles. The number of nitrogens with zero attached hydrogens (tertiary/aromatic N) is 2. The number of benzene rings is 1. The molecule has 1 aromatic rings. The van der Waals surface area contributed by atoms with Crippen molar-refractivity contribution in [1.82, 2.24) is 9.37 Å². The molecule has 0 radical (unpaired) electrons. The molecule has 2 saturated heterocycles. The number of sulfonamides is 1. The number of hydrogen-bond acceptors (Lipinski definition) is 4. The van der Waals surface area contributed by atoms with E-state index in [0.29, 0.717) is 30.6 Å². The maximum atomic E-state index is 12.8. The Morgan fingerprint density at radius 2 is 1.86 bits per heavy atom. The van der Waals surface area contributed by atoms with E-state index in [4.69, 9.17) is 4.84 Å². The zero-order valence-electron chi connectivity index (χ0n) is 12.7. The van der Waals surface area contributed by atoms with Crippen molar-refractivity contribution < 1.29 is 13.3 Å². The lowest BCUT2D eigenvalue weighted by molar-refractivity contribution is -0.119. The van der Waals surface area contributed by atoms with Gasteiger partial charge in [-0.1, -0.05) is 24.6 Å². The van der Waals surface area contributed by atoms with Crippen LogP contribution in [0, 0.1) is 18.8 Å². The van der Waals surface area contributed by atoms with Crippen LogP contribution in [0.2, 0.25) is 0 Å². The summed E-state index contributed by atoms with van der Waals surface area (Å²) in [5, 5.41) is 1.89. The number of hydrogen-bond donors (Lipinski definition) is 0. The molecule has 21 heavy (non-hydrogen) atoms. The van der Waals surface area contributed by atoms with Gasteiger partial charge in [0.2, 0.25) is 10.0 Å². The van der Waals surface area contributed by atoms with E-state index in [1.165, 1.54) is 0 Å². The van der Waals surface area contributed by atoms with Crippen molar-refractivity contribution in [2.45, 2.75) is 24.8 Å². The first-order chi connectivity index (χ1) is 9.89. The highest BCUT2D eigenvalue weighted by Gasteiger charge is 2.45. The predicted molar refractivity (Wildman–Crippen MR) is 80.1 cm³/mol. The summed E-state index contributed by atoms with van der Waals surface area (Å²) in [5.41, 5.74) is 1.06. The fourth-order valence-corrected chi connectivity index (χ4v) is 5.10. The normalized spacial score (nSPS) is 31.3. The molecule has 0 N–H and O–H groups in total. The number of hydroxylamine groups is 2. The summed E-state index contributed by atoms with van der Waals surface area (Å²) in [4.78, 5) is 5.95. The van der Waals surface area contributed by atoms with Gasteiger partial charge >= 0.3 is 0 Å². The highest BCUT2D eigenvalue weighted by molar-refractivity contribution is 7.89. The first kappa shape index (κ1) is 15.0. The van der Waals surface area contributed by atoms with E-state index in [9.17, 15) is 8.42 Å². The number of piperidine rings is 1. The Morgan fingerprint density at radius 3 is 2.52 bits per heavy atom. The Bertz CT molecular complexity index is 614. The average molecular weight is 310 g/mol. The topological polar surface area (TPSA) is 49.9 Å². The van der Waals surface area contributed by atoms with E-state index in [1.54, 1.807) is 16.4 Å². The Hall–Kier alpha value is -0.950. The largest absolute Gasteiger partial charge is 0.299 e. The van der Waals surface area contributed by atoms with Crippen LogP contribution in [0.5, 0.6) is 0 Å². The quantitative estimate of drug-likeness (QED) is 0.830. The summed E-state index contributed by atoms with van der Waals surface area (Å²) in [6.45, 7) is 5.74. The molecule has 5 nitrogen and oxygen atoms in total. The van der Waals surface area contributed by atoms with E-state index in [1.807, 2.05) is 31.2 Å². The maximum absolute atomic E-state index is 12.8. The standard InChI is InChI=1S/C15H22N2O3S/c1-11-4-6-14(7-5-11)21(18,19)17-8-12(2)15-13(9-17)10-20-16(15)3/h4-7,12-13,15H,8-10H2,1-3H3/t12-,13+,15+/m0/s1. The molecule has 0 unspecified atom stereocenters. The first-order valence-corrected chi connectivity index (χ1v) is 8.76. The van der Waals surface area contributed by atoms with Crippen LogP contribution in [0.3, 0.4) is 0 Å². The Morgan fingerprint density at radius 1 is 1.19 bits per heavy atom. The van der Waals surface area contributed by atoms with Crippen LogP contribution in [-0.2, 0) is 14.9 Å². The van der Waals surface area contributed by atoms with Crippen LogP contribution in [0.25, 0.3) is 0 Å². The summed E-state index contributed by atoms with van der Waals surface area (Å²) < 4.78 is 27.2. The highest BCUT2D eigenvalue weighted by Crippen LogP contribution is 2.34. The first-order valence-electron chi connectivity index (χ1n) is 7.32. The molecule has 1 aromatic carbocycles. The second-order valence-electron chi connectivity index (χ2n) is 6.20. The van der Waals surface area contributed by atoms with Gasteiger partial charge in [-0.25, -0.2) is 8.42 Å². The molecule has 2 aliphatic heterocycles. The summed E-state index contributed by atoms with van der Waals surface area (Å²) in [5.74, 6) is 0.510. The van der Waals surface area contributed by atoms with E-state index >= 15 is 0 Å². The zero-order valence-corrected chi connectivity index (χ0v) is 13.5. The smallest absolute Gasteiger partial charge is 0.243 e. The van der Waals surface area contributed by atoms with Gasteiger partial charge in [-0.3, -0.25) is 4.84 Å². The predicted octanol–water partition coefficient (Wildman–Crippen LogP) is 1.50. The monoisotopic (exact) mass is 310 g/mol. The molecule has 2 fully saturated rings. The van der Waals surface area contributed by atoms with Gasteiger partial charge in [0.15, 0.2) is 0 Å². The Labute approximate surface area is 126 Å². The Balaban J connectivity index is 1.85. The fraction of sp³-hybridized carbons (Fsp3) is 0.600. The van der Waals surface area contributed by atoms with Gasteiger partial charge < -0.3 is 0 Å². The Kier molecular flexibility index (Phi) is 3.81. The van der Waals surface area contributed by atoms with Crippen molar-refractivity contribution in [3.8, 4) is 0 Å². The lowest BCUT2D eigenvalue weighted by Gasteiger charge is -2.39. The molecule has 0 amide bonds. The summed E-state index contributed by atoms with van der Waals surface area (Å²) >= 11 is 0. The molecule has 0 bridgehead atoms. The van der Waals surface area contributed by atoms with Crippen molar-refractivity contribution in [3.05, 3.63) is 29.8 Å². The summed E-state index contributed by atoms with van der Waals surface area (Å²) in [7, 11) is -1.47. The van der Waals surface area contributed by atoms with Crippen LogP contribution in [-0.4, -0.2) is 50.6 Å². The van der Waals surface area contributed by atoms with Crippen LogP contribution >= 0.6 is 0 Å². The van der Waals surface area contributed by atoms with Gasteiger partial charge in [0, 0.05) is 32.1 Å². The lowest BCUT2D eigenvalue weighted by atomic mass is 9.87. The van der Waals surface area contributed by atoms with Crippen molar-refractivity contribution in [1.29, 1.82) is 0 Å². The number of fused-ring (bicyclic) bond motifs is 1. The molecule has 3 atom stereocenters. The van der Waals surface area contributed by atoms with Gasteiger partial charge in [0.25, 0.3) is 0 Å². The third-order valence-electron chi connectivity index (χ3n) is 4.57. The minimum Gasteiger partial charge on any atom is -0.299 e. The number of aryl methyl sites for hydroxylation is 1. The maximum Gasteiger partial charge on any atom is 0.243 e. The van der Waals surface area contributed by atoms with Crippen molar-refractivity contribution >= 4 is 10.0 Å². The molecular formula is C15H22N2O3S. The average Bonchev–Trinajstić information content (AvgIpc) is 2.81. The zero-order chi connectivity index (χ0) is 15.2. The second kappa shape index (κ2) is 5.35. The van der Waals surface area contributed by atoms with Crippen LogP contribution in [0.4, 0.5) is 0 Å². The molecular weight excluding hydrogens is 288 g/mol. The van der Waals surface area contributed by atoms with Gasteiger partial charge in [0.05, 0.1) is 11.5 Å². The van der Waals surface area contributed by atoms with Gasteiger partial charge in [-0.05, 0) is 25.0 Å². The lowest BCUT2D eigenvalue weighted by Crippen LogP contribution is -2.52. The summed E-state index contributed by atoms with van der Waals surface area (Å²) in [6.07, 6.45) is 0. The van der Waals surface area contributed by atoms with Gasteiger partial charge in [-0.15, -0.1) is 0 Å². The van der Waals surface area contributed by atoms with Crippen molar-refractivity contribution in [3.63, 3.8) is 0 Å². The van der Waals surface area contributed by atoms with Gasteiger partial charge in [0.1, 0.15) is 0 Å². The molecule has 6 heteroatoms. The molecule has 116 valence electrons. The van der Waals surface area contributed by atoms with E-state index in [2.05, 4.69) is 6.92 Å². The molecule has 3 rings (SSSR count). The molecule has 0 saturated carbocycles. The van der Waals surface area contributed by atoms with Crippen LogP contribution in [0.15, 0.2) is 29.2 Å². The number of rotatable bonds is 2. The molecule has 0 aliphatic carbocycles. The molecule has 2 aliphatic rings. The minimum atomic E-state index is -3.41.